The maximum absolute atomic E-state index is 11.3. The van der Waals surface area contributed by atoms with Gasteiger partial charge in [-0.25, -0.2) is 0 Å². The SMILES string of the molecule is CC(C)(C)c1ccc2c(c1)CCC(=O)C2. The third-order valence-electron chi connectivity index (χ3n) is 3.13. The van der Waals surface area contributed by atoms with Crippen molar-refractivity contribution in [2.45, 2.75) is 45.4 Å². The molecule has 0 unspecified atom stereocenters. The molecule has 1 nitrogen and oxygen atoms in total. The van der Waals surface area contributed by atoms with Crippen LogP contribution < -0.4 is 0 Å². The first-order valence-electron chi connectivity index (χ1n) is 5.61. The minimum Gasteiger partial charge on any atom is -0.299 e. The molecule has 1 aromatic rings. The third-order valence-corrected chi connectivity index (χ3v) is 3.13. The molecule has 0 aliphatic heterocycles. The second-order valence-corrected chi connectivity index (χ2v) is 5.45. The van der Waals surface area contributed by atoms with Crippen LogP contribution in [0.15, 0.2) is 18.2 Å². The van der Waals surface area contributed by atoms with Gasteiger partial charge in [0.05, 0.1) is 0 Å². The molecule has 0 radical (unpaired) electrons. The summed E-state index contributed by atoms with van der Waals surface area (Å²) in [5, 5.41) is 0. The molecule has 1 aromatic carbocycles. The van der Waals surface area contributed by atoms with E-state index in [9.17, 15) is 4.79 Å². The Bertz CT molecular complexity index is 396. The van der Waals surface area contributed by atoms with Crippen LogP contribution >= 0.6 is 0 Å². The molecule has 1 heteroatoms. The Balaban J connectivity index is 2.39. The molecule has 0 spiro atoms. The van der Waals surface area contributed by atoms with Crippen molar-refractivity contribution in [1.82, 2.24) is 0 Å². The standard InChI is InChI=1S/C14H18O/c1-14(2,3)12-6-4-11-9-13(15)7-5-10(11)8-12/h4,6,8H,5,7,9H2,1-3H3. The predicted octanol–water partition coefficient (Wildman–Crippen LogP) is 3.04. The van der Waals surface area contributed by atoms with Crippen molar-refractivity contribution in [3.8, 4) is 0 Å². The number of benzene rings is 1. The van der Waals surface area contributed by atoms with Crippen molar-refractivity contribution in [2.24, 2.45) is 0 Å². The summed E-state index contributed by atoms with van der Waals surface area (Å²) in [7, 11) is 0. The molecule has 0 bridgehead atoms. The van der Waals surface area contributed by atoms with Gasteiger partial charge < -0.3 is 0 Å². The summed E-state index contributed by atoms with van der Waals surface area (Å²) in [5.41, 5.74) is 4.19. The highest BCUT2D eigenvalue weighted by Gasteiger charge is 2.19. The number of ketones is 1. The predicted molar refractivity (Wildman–Crippen MR) is 62.2 cm³/mol. The van der Waals surface area contributed by atoms with Crippen LogP contribution in [0.1, 0.15) is 43.9 Å². The first-order valence-corrected chi connectivity index (χ1v) is 5.61. The summed E-state index contributed by atoms with van der Waals surface area (Å²) in [4.78, 5) is 11.3. The molecule has 0 fully saturated rings. The summed E-state index contributed by atoms with van der Waals surface area (Å²) >= 11 is 0. The van der Waals surface area contributed by atoms with Gasteiger partial charge in [0.1, 0.15) is 5.78 Å². The lowest BCUT2D eigenvalue weighted by molar-refractivity contribution is -0.118. The minimum absolute atomic E-state index is 0.205. The highest BCUT2D eigenvalue weighted by atomic mass is 16.1. The zero-order valence-electron chi connectivity index (χ0n) is 9.76. The van der Waals surface area contributed by atoms with E-state index in [4.69, 9.17) is 0 Å². The highest BCUT2D eigenvalue weighted by molar-refractivity contribution is 5.83. The van der Waals surface area contributed by atoms with Crippen molar-refractivity contribution in [3.63, 3.8) is 0 Å². The fraction of sp³-hybridized carbons (Fsp3) is 0.500. The van der Waals surface area contributed by atoms with Crippen molar-refractivity contribution in [2.75, 3.05) is 0 Å². The fourth-order valence-corrected chi connectivity index (χ4v) is 2.07. The number of fused-ring (bicyclic) bond motifs is 1. The summed E-state index contributed by atoms with van der Waals surface area (Å²) in [6, 6.07) is 6.58. The largest absolute Gasteiger partial charge is 0.299 e. The molecular formula is C14H18O. The first kappa shape index (κ1) is 10.4. The van der Waals surface area contributed by atoms with Crippen molar-refractivity contribution < 1.29 is 4.79 Å². The van der Waals surface area contributed by atoms with Gasteiger partial charge in [-0.05, 0) is 28.5 Å². The van der Waals surface area contributed by atoms with Gasteiger partial charge in [0, 0.05) is 12.8 Å². The van der Waals surface area contributed by atoms with E-state index in [1.165, 1.54) is 16.7 Å². The third kappa shape index (κ3) is 2.11. The van der Waals surface area contributed by atoms with Crippen molar-refractivity contribution in [1.29, 1.82) is 0 Å². The van der Waals surface area contributed by atoms with Gasteiger partial charge in [-0.3, -0.25) is 4.79 Å². The Kier molecular flexibility index (Phi) is 2.41. The maximum atomic E-state index is 11.3. The average molecular weight is 202 g/mol. The molecule has 0 amide bonds. The van der Waals surface area contributed by atoms with Crippen molar-refractivity contribution >= 4 is 5.78 Å². The topological polar surface area (TPSA) is 17.1 Å². The lowest BCUT2D eigenvalue weighted by Crippen LogP contribution is -2.16. The Morgan fingerprint density at radius 1 is 1.07 bits per heavy atom. The maximum Gasteiger partial charge on any atom is 0.137 e. The molecule has 0 aromatic heterocycles. The second-order valence-electron chi connectivity index (χ2n) is 5.45. The molecule has 0 heterocycles. The number of Topliss-reactive ketones (excluding diaryl/α,β-unsaturated/α-hetero) is 1. The number of hydrogen-bond donors (Lipinski definition) is 0. The van der Waals surface area contributed by atoms with E-state index in [1.807, 2.05) is 0 Å². The number of aryl methyl sites for hydroxylation is 1. The molecule has 2 rings (SSSR count). The second kappa shape index (κ2) is 3.48. The van der Waals surface area contributed by atoms with Crippen molar-refractivity contribution in [3.05, 3.63) is 34.9 Å². The monoisotopic (exact) mass is 202 g/mol. The van der Waals surface area contributed by atoms with Crippen LogP contribution in [0, 0.1) is 0 Å². The molecule has 15 heavy (non-hydrogen) atoms. The molecule has 0 N–H and O–H groups in total. The molecular weight excluding hydrogens is 184 g/mol. The van der Waals surface area contributed by atoms with Gasteiger partial charge in [0.25, 0.3) is 0 Å². The van der Waals surface area contributed by atoms with Crippen LogP contribution in [0.2, 0.25) is 0 Å². The van der Waals surface area contributed by atoms with Gasteiger partial charge in [0.2, 0.25) is 0 Å². The van der Waals surface area contributed by atoms with E-state index in [2.05, 4.69) is 39.0 Å². The van der Waals surface area contributed by atoms with Crippen LogP contribution in [0.3, 0.4) is 0 Å². The summed E-state index contributed by atoms with van der Waals surface area (Å²) in [5.74, 6) is 0.381. The van der Waals surface area contributed by atoms with Crippen LogP contribution in [-0.2, 0) is 23.1 Å². The van der Waals surface area contributed by atoms with Gasteiger partial charge in [0.15, 0.2) is 0 Å². The number of hydrogen-bond acceptors (Lipinski definition) is 1. The Morgan fingerprint density at radius 2 is 1.80 bits per heavy atom. The molecule has 80 valence electrons. The van der Waals surface area contributed by atoms with E-state index in [0.717, 1.165) is 12.8 Å². The first-order chi connectivity index (χ1) is 6.97. The van der Waals surface area contributed by atoms with E-state index in [-0.39, 0.29) is 5.41 Å². The lowest BCUT2D eigenvalue weighted by Gasteiger charge is -2.23. The van der Waals surface area contributed by atoms with E-state index < -0.39 is 0 Å². The minimum atomic E-state index is 0.205. The molecule has 0 saturated carbocycles. The zero-order chi connectivity index (χ0) is 11.1. The Labute approximate surface area is 91.5 Å². The average Bonchev–Trinajstić information content (AvgIpc) is 2.15. The number of carbonyl (C=O) groups excluding carboxylic acids is 1. The molecule has 0 atom stereocenters. The van der Waals surface area contributed by atoms with Crippen LogP contribution in [-0.4, -0.2) is 5.78 Å². The van der Waals surface area contributed by atoms with Gasteiger partial charge >= 0.3 is 0 Å². The summed E-state index contributed by atoms with van der Waals surface area (Å²) in [6.07, 6.45) is 2.29. The summed E-state index contributed by atoms with van der Waals surface area (Å²) < 4.78 is 0. The van der Waals surface area contributed by atoms with Crippen LogP contribution in [0.4, 0.5) is 0 Å². The molecule has 1 aliphatic carbocycles. The summed E-state index contributed by atoms with van der Waals surface area (Å²) in [6.45, 7) is 6.67. The lowest BCUT2D eigenvalue weighted by atomic mass is 9.82. The normalized spacial score (nSPS) is 16.3. The molecule has 0 saturated heterocycles. The van der Waals surface area contributed by atoms with E-state index in [1.54, 1.807) is 0 Å². The van der Waals surface area contributed by atoms with Gasteiger partial charge in [-0.2, -0.15) is 0 Å². The Morgan fingerprint density at radius 3 is 2.47 bits per heavy atom. The van der Waals surface area contributed by atoms with E-state index >= 15 is 0 Å². The van der Waals surface area contributed by atoms with Crippen LogP contribution in [0.5, 0.6) is 0 Å². The van der Waals surface area contributed by atoms with Gasteiger partial charge in [-0.1, -0.05) is 39.0 Å². The molecule has 1 aliphatic rings. The smallest absolute Gasteiger partial charge is 0.137 e. The zero-order valence-corrected chi connectivity index (χ0v) is 9.76. The number of carbonyl (C=O) groups is 1. The van der Waals surface area contributed by atoms with Crippen LogP contribution in [0.25, 0.3) is 0 Å². The fourth-order valence-electron chi connectivity index (χ4n) is 2.07. The Hall–Kier alpha value is -1.11. The highest BCUT2D eigenvalue weighted by Crippen LogP contribution is 2.27. The van der Waals surface area contributed by atoms with E-state index in [0.29, 0.717) is 12.2 Å². The number of rotatable bonds is 0. The van der Waals surface area contributed by atoms with Gasteiger partial charge in [-0.15, -0.1) is 0 Å². The quantitative estimate of drug-likeness (QED) is 0.632.